The first-order valence-corrected chi connectivity index (χ1v) is 46.9. The molecule has 26 heteroatoms. The van der Waals surface area contributed by atoms with Crippen molar-refractivity contribution in [1.29, 1.82) is 0 Å². The molecule has 0 saturated heterocycles. The van der Waals surface area contributed by atoms with Crippen LogP contribution in [0.5, 0.6) is 46.0 Å². The number of phenolic OH excluding ortho intramolecular Hbond substituents is 2. The summed E-state index contributed by atoms with van der Waals surface area (Å²) in [5.41, 5.74) is 1.97. The molecule has 0 aliphatic heterocycles. The molecule has 0 radical (unpaired) electrons. The van der Waals surface area contributed by atoms with Gasteiger partial charge < -0.3 is 48.1 Å². The van der Waals surface area contributed by atoms with Gasteiger partial charge in [-0.25, -0.2) is 16.8 Å². The van der Waals surface area contributed by atoms with Crippen molar-refractivity contribution in [2.45, 2.75) is 372 Å². The Hall–Kier alpha value is -9.47. The van der Waals surface area contributed by atoms with Crippen molar-refractivity contribution in [2.75, 3.05) is 14.2 Å². The van der Waals surface area contributed by atoms with Crippen LogP contribution in [0.3, 0.4) is 0 Å². The van der Waals surface area contributed by atoms with Gasteiger partial charge >= 0.3 is 28.2 Å². The van der Waals surface area contributed by atoms with Crippen LogP contribution in [0.4, 0.5) is 13.2 Å². The van der Waals surface area contributed by atoms with E-state index in [1.807, 2.05) is 52.0 Å². The summed E-state index contributed by atoms with van der Waals surface area (Å²) in [7, 11) is -11.3. The predicted octanol–water partition coefficient (Wildman–Crippen LogP) is 31.9. The fraction of sp³-hybridized carbons (Fsp3) is 0.528. The number of hydrogen-bond acceptors (Lipinski definition) is 20. The molecule has 2 fully saturated rings. The second kappa shape index (κ2) is 67.7. The van der Waals surface area contributed by atoms with Crippen molar-refractivity contribution in [3.05, 3.63) is 222 Å². The van der Waals surface area contributed by atoms with Crippen LogP contribution < -0.4 is 28.4 Å². The molecule has 8 aromatic rings. The van der Waals surface area contributed by atoms with Gasteiger partial charge in [0.25, 0.3) is 17.7 Å². The Morgan fingerprint density at radius 2 is 0.612 bits per heavy atom. The van der Waals surface area contributed by atoms with Crippen molar-refractivity contribution in [3.8, 4) is 46.0 Å². The third-order valence-corrected chi connectivity index (χ3v) is 28.0. The lowest BCUT2D eigenvalue weighted by Crippen LogP contribution is -2.28. The van der Waals surface area contributed by atoms with E-state index in [-0.39, 0.29) is 118 Å². The summed E-state index contributed by atoms with van der Waals surface area (Å²) in [5.74, 6) is 4.85. The number of halogens is 3. The summed E-state index contributed by atoms with van der Waals surface area (Å²) in [6, 6.07) is 50.6. The first-order chi connectivity index (χ1) is 57.6. The highest BCUT2D eigenvalue weighted by molar-refractivity contribution is 8.67. The molecule has 2 aliphatic carbocycles. The van der Waals surface area contributed by atoms with Crippen LogP contribution in [-0.2, 0) is 51.2 Å². The van der Waals surface area contributed by atoms with Gasteiger partial charge in [-0.1, -0.05) is 251 Å². The van der Waals surface area contributed by atoms with Gasteiger partial charge in [0.1, 0.15) is 50.9 Å². The minimum Gasteiger partial charge on any atom is -0.508 e. The zero-order valence-electron chi connectivity index (χ0n) is 74.0. The van der Waals surface area contributed by atoms with Crippen molar-refractivity contribution >= 4 is 45.5 Å². The van der Waals surface area contributed by atoms with E-state index >= 15 is 0 Å². The SMILES string of the molecule is C.C.C.C.C.C.C.C.C.C.C.C.CCC(C)(C)C(=O)Oc1ccc(S(=O)(=O)O/N=C(/c2ccc(OC)cc2)C(F)(F)F)cc1.CCC(C)(C)C(=O)Oc1ccc(S(=O)(=O)S(=O)(=O)c2ccc(OC)cc2)cc1.CCC(C)c1ccc(O)cc1.CCC(C)c1ccc(O)cc1.CCC(C)c1ccc(OC(C)OC2CCCCC2)cc1.CCC(C)c1ccc(OC(C)OC2CCCCC2)cc1. The number of benzene rings is 8. The highest BCUT2D eigenvalue weighted by atomic mass is 33.2. The van der Waals surface area contributed by atoms with Crippen LogP contribution in [0.1, 0.15) is 354 Å². The van der Waals surface area contributed by atoms with Gasteiger partial charge in [0.05, 0.1) is 47.0 Å². The highest BCUT2D eigenvalue weighted by Gasteiger charge is 2.39. The molecule has 0 heterocycles. The van der Waals surface area contributed by atoms with E-state index in [1.54, 1.807) is 52.0 Å². The average Bonchev–Trinajstić information content (AvgIpc) is 0.761. The molecule has 2 saturated carbocycles. The molecule has 10 rings (SSSR count). The third-order valence-electron chi connectivity index (χ3n) is 21.8. The van der Waals surface area contributed by atoms with E-state index < -0.39 is 77.9 Å². The van der Waals surface area contributed by atoms with Gasteiger partial charge in [0.15, 0.2) is 18.3 Å². The standard InChI is InChI=1S/C21H22F3NO6S.C19H22O7S2.2C18H28O2.2C10H14O.12CH4/c1-5-20(2,3)19(26)30-16-10-12-17(13-11-16)32(27,28)31-25-18(21(22,23)24)14-6-8-15(29-4)9-7-14;1-5-19(2,3)18(20)26-15-8-12-17(13-9-15)28(23,24)27(21,22)16-10-6-14(25-4)7-11-16;2*1-4-14(2)16-10-12-18(13-11-16)20-15(3)19-17-8-6-5-7-9-17;2*1-3-8(2)9-4-6-10(11)7-5-9;;;;;;;;;;;;/h6-13H,5H2,1-4H3;6-13H,5H2,1-4H3;2*10-15,17H,4-9H2,1-3H3;2*4-8,11H,3H2,1-2H3;12*1H4/b25-18-;;;;;;;;;;;;;;;;;. The number of alkyl halides is 3. The second-order valence-electron chi connectivity index (χ2n) is 31.7. The quantitative estimate of drug-likeness (QED) is 0.0102. The number of nitrogens with zero attached hydrogens (tertiary/aromatic N) is 1. The van der Waals surface area contributed by atoms with Crippen LogP contribution in [-0.4, -0.2) is 98.3 Å². The number of methoxy groups -OCH3 is 2. The van der Waals surface area contributed by atoms with E-state index in [4.69, 9.17) is 48.1 Å². The summed E-state index contributed by atoms with van der Waals surface area (Å²) in [4.78, 5) is 22.9. The van der Waals surface area contributed by atoms with Crippen molar-refractivity contribution in [2.24, 2.45) is 16.0 Å². The Morgan fingerprint density at radius 1 is 0.366 bits per heavy atom. The molecular formula is C108H176F3NO19S3. The lowest BCUT2D eigenvalue weighted by atomic mass is 9.91. The number of carbonyl (C=O) groups excluding carboxylic acids is 2. The van der Waals surface area contributed by atoms with E-state index in [1.165, 1.54) is 162 Å². The normalized spacial score (nSPS) is 13.6. The second-order valence-corrected chi connectivity index (χ2v) is 38.6. The van der Waals surface area contributed by atoms with Gasteiger partial charge in [0.2, 0.25) is 0 Å². The molecule has 0 amide bonds. The molecule has 20 nitrogen and oxygen atoms in total. The predicted molar refractivity (Wildman–Crippen MR) is 554 cm³/mol. The molecule has 134 heavy (non-hydrogen) atoms. The Balaban J connectivity index is -0.000000240. The summed E-state index contributed by atoms with van der Waals surface area (Å²) in [6.07, 6.45) is 13.8. The first kappa shape index (κ1) is 140. The summed E-state index contributed by atoms with van der Waals surface area (Å²) >= 11 is 0. The van der Waals surface area contributed by atoms with E-state index in [2.05, 4.69) is 113 Å². The molecule has 2 aliphatic rings. The van der Waals surface area contributed by atoms with Crippen LogP contribution >= 0.6 is 0 Å². The van der Waals surface area contributed by atoms with Crippen LogP contribution in [0, 0.1) is 10.8 Å². The van der Waals surface area contributed by atoms with Gasteiger partial charge in [-0.2, -0.15) is 21.6 Å². The zero-order valence-corrected chi connectivity index (χ0v) is 76.5. The first-order valence-electron chi connectivity index (χ1n) is 42.0. The number of ether oxygens (including phenoxy) is 8. The highest BCUT2D eigenvalue weighted by Crippen LogP contribution is 2.34. The van der Waals surface area contributed by atoms with Gasteiger partial charge in [0, 0.05) is 5.56 Å². The van der Waals surface area contributed by atoms with Crippen molar-refractivity contribution in [3.63, 3.8) is 0 Å². The zero-order chi connectivity index (χ0) is 90.6. The smallest absolute Gasteiger partial charge is 0.437 e. The average molecular weight is 1950 g/mol. The monoisotopic (exact) mass is 1940 g/mol. The molecule has 0 spiro atoms. The Bertz CT molecular complexity index is 4660. The molecule has 0 aromatic heterocycles. The number of carbonyl (C=O) groups is 2. The fourth-order valence-electron chi connectivity index (χ4n) is 12.0. The maximum absolute atomic E-state index is 13.4. The molecule has 0 bridgehead atoms. The maximum Gasteiger partial charge on any atom is 0.437 e. The van der Waals surface area contributed by atoms with Gasteiger partial charge in [-0.05, 0) is 297 Å². The summed E-state index contributed by atoms with van der Waals surface area (Å²) < 4.78 is 163. The lowest BCUT2D eigenvalue weighted by Gasteiger charge is -2.26. The number of hydrogen-bond donors (Lipinski definition) is 2. The molecule has 6 unspecified atom stereocenters. The third kappa shape index (κ3) is 45.5. The minimum atomic E-state index is -4.98. The van der Waals surface area contributed by atoms with E-state index in [0.29, 0.717) is 71.7 Å². The number of phenols is 2. The maximum atomic E-state index is 13.4. The van der Waals surface area contributed by atoms with Crippen molar-refractivity contribution < 1.29 is 100 Å². The topological polar surface area (TPSA) is 272 Å². The van der Waals surface area contributed by atoms with Crippen LogP contribution in [0.25, 0.3) is 0 Å². The van der Waals surface area contributed by atoms with Crippen LogP contribution in [0.15, 0.2) is 214 Å². The lowest BCUT2D eigenvalue weighted by molar-refractivity contribution is -0.144. The number of oxime groups is 1. The Morgan fingerprint density at radius 3 is 0.866 bits per heavy atom. The molecular weight excluding hydrogens is 1770 g/mol. The van der Waals surface area contributed by atoms with Gasteiger partial charge in [-0.15, -0.1) is 0 Å². The fourth-order valence-corrected chi connectivity index (χ4v) is 16.3. The van der Waals surface area contributed by atoms with Gasteiger partial charge in [-0.3, -0.25) is 13.9 Å². The number of esters is 2. The molecule has 6 atom stereocenters. The van der Waals surface area contributed by atoms with Crippen molar-refractivity contribution in [1.82, 2.24) is 0 Å². The Labute approximate surface area is 811 Å². The summed E-state index contributed by atoms with van der Waals surface area (Å²) in [5, 5.41) is 20.9. The minimum absolute atomic E-state index is 0. The van der Waals surface area contributed by atoms with Crippen LogP contribution in [0.2, 0.25) is 0 Å². The molecule has 766 valence electrons. The largest absolute Gasteiger partial charge is 0.508 e. The number of aromatic hydroxyl groups is 2. The molecule has 2 N–H and O–H groups in total. The van der Waals surface area contributed by atoms with E-state index in [9.17, 15) is 48.0 Å². The molecule has 8 aromatic carbocycles. The Kier molecular flexibility index (Phi) is 70.7. The number of rotatable bonds is 31. The van der Waals surface area contributed by atoms with E-state index in [0.717, 1.165) is 72.9 Å². The summed E-state index contributed by atoms with van der Waals surface area (Å²) in [6.45, 7) is 32.2.